The molecule has 1 aromatic heterocycles. The largest absolute Gasteiger partial charge is 0.469 e. The van der Waals surface area contributed by atoms with Crippen LogP contribution >= 0.6 is 0 Å². The van der Waals surface area contributed by atoms with Crippen LogP contribution in [0.1, 0.15) is 24.2 Å². The Morgan fingerprint density at radius 3 is 2.67 bits per heavy atom. The van der Waals surface area contributed by atoms with Gasteiger partial charge < -0.3 is 9.15 Å². The number of carbonyl (C=O) groups excluding carboxylic acids is 2. The van der Waals surface area contributed by atoms with Crippen LogP contribution in [0.15, 0.2) is 28.4 Å². The quantitative estimate of drug-likeness (QED) is 0.398. The Bertz CT molecular complexity index is 453. The van der Waals surface area contributed by atoms with Gasteiger partial charge in [0.2, 0.25) is 0 Å². The first-order chi connectivity index (χ1) is 7.15. The van der Waals surface area contributed by atoms with Crippen molar-refractivity contribution in [1.29, 1.82) is 0 Å². The fraction of sp³-hybridized carbons (Fsp3) is 0.273. The first kappa shape index (κ1) is 9.71. The number of esters is 2. The van der Waals surface area contributed by atoms with Gasteiger partial charge >= 0.3 is 11.9 Å². The van der Waals surface area contributed by atoms with Crippen molar-refractivity contribution in [3.63, 3.8) is 0 Å². The maximum absolute atomic E-state index is 11.5. The van der Waals surface area contributed by atoms with E-state index in [-0.39, 0.29) is 0 Å². The van der Waals surface area contributed by atoms with Crippen LogP contribution in [-0.4, -0.2) is 11.9 Å². The molecule has 0 aliphatic carbocycles. The number of aryl methyl sites for hydroxylation is 1. The molecule has 4 heteroatoms. The molecule has 4 nitrogen and oxygen atoms in total. The zero-order valence-corrected chi connectivity index (χ0v) is 8.44. The van der Waals surface area contributed by atoms with Crippen molar-refractivity contribution < 1.29 is 18.7 Å². The highest BCUT2D eigenvalue weighted by molar-refractivity contribution is 6.10. The van der Waals surface area contributed by atoms with Gasteiger partial charge in [0.1, 0.15) is 11.7 Å². The average molecular weight is 206 g/mol. The lowest BCUT2D eigenvalue weighted by Gasteiger charge is -2.03. The molecule has 0 N–H and O–H groups in total. The van der Waals surface area contributed by atoms with Crippen molar-refractivity contribution in [2.75, 3.05) is 0 Å². The lowest BCUT2D eigenvalue weighted by atomic mass is 9.93. The molecule has 0 amide bonds. The SMILES string of the molecule is CC=C1C(=O)OC(=O)C1c1ccoc1C. The summed E-state index contributed by atoms with van der Waals surface area (Å²) in [6.07, 6.45) is 3.10. The summed E-state index contributed by atoms with van der Waals surface area (Å²) in [6, 6.07) is 1.68. The second-order valence-electron chi connectivity index (χ2n) is 3.32. The first-order valence-corrected chi connectivity index (χ1v) is 4.61. The van der Waals surface area contributed by atoms with Crippen molar-refractivity contribution in [2.45, 2.75) is 19.8 Å². The van der Waals surface area contributed by atoms with Crippen LogP contribution in [0.2, 0.25) is 0 Å². The number of furan rings is 1. The van der Waals surface area contributed by atoms with Gasteiger partial charge in [-0.2, -0.15) is 0 Å². The number of hydrogen-bond donors (Lipinski definition) is 0. The van der Waals surface area contributed by atoms with E-state index in [2.05, 4.69) is 4.74 Å². The molecule has 0 aromatic carbocycles. The highest BCUT2D eigenvalue weighted by atomic mass is 16.6. The zero-order valence-electron chi connectivity index (χ0n) is 8.44. The Hall–Kier alpha value is -1.84. The highest BCUT2D eigenvalue weighted by Crippen LogP contribution is 2.34. The van der Waals surface area contributed by atoms with Crippen LogP contribution in [0.3, 0.4) is 0 Å². The fourth-order valence-electron chi connectivity index (χ4n) is 1.73. The summed E-state index contributed by atoms with van der Waals surface area (Å²) in [6.45, 7) is 3.45. The second-order valence-corrected chi connectivity index (χ2v) is 3.32. The van der Waals surface area contributed by atoms with Gasteiger partial charge in [-0.25, -0.2) is 4.79 Å². The van der Waals surface area contributed by atoms with Crippen molar-refractivity contribution >= 4 is 11.9 Å². The van der Waals surface area contributed by atoms with Crippen LogP contribution in [0.25, 0.3) is 0 Å². The van der Waals surface area contributed by atoms with E-state index in [0.717, 1.165) is 0 Å². The molecule has 1 unspecified atom stereocenters. The van der Waals surface area contributed by atoms with E-state index >= 15 is 0 Å². The number of hydrogen-bond acceptors (Lipinski definition) is 4. The summed E-state index contributed by atoms with van der Waals surface area (Å²) in [5.74, 6) is -1.09. The Labute approximate surface area is 86.5 Å². The number of rotatable bonds is 1. The molecule has 2 rings (SSSR count). The summed E-state index contributed by atoms with van der Waals surface area (Å²) in [7, 11) is 0. The molecular formula is C11H10O4. The molecule has 0 bridgehead atoms. The molecule has 0 saturated carbocycles. The van der Waals surface area contributed by atoms with Crippen molar-refractivity contribution in [2.24, 2.45) is 0 Å². The molecule has 1 saturated heterocycles. The predicted molar refractivity (Wildman–Crippen MR) is 51.0 cm³/mol. The van der Waals surface area contributed by atoms with E-state index in [1.54, 1.807) is 26.0 Å². The molecule has 1 aliphatic heterocycles. The smallest absolute Gasteiger partial charge is 0.342 e. The third-order valence-electron chi connectivity index (χ3n) is 2.50. The minimum Gasteiger partial charge on any atom is -0.469 e. The Morgan fingerprint density at radius 2 is 2.13 bits per heavy atom. The average Bonchev–Trinajstić information content (AvgIpc) is 2.70. The molecule has 1 fully saturated rings. The van der Waals surface area contributed by atoms with E-state index in [4.69, 9.17) is 4.42 Å². The normalized spacial score (nSPS) is 23.6. The number of cyclic esters (lactones) is 2. The standard InChI is InChI=1S/C11H10O4/c1-3-7-9(11(13)15-10(7)12)8-4-5-14-6(8)2/h3-5,9H,1-2H3. The summed E-state index contributed by atoms with van der Waals surface area (Å²) < 4.78 is 9.68. The first-order valence-electron chi connectivity index (χ1n) is 4.61. The second kappa shape index (κ2) is 3.38. The fourth-order valence-corrected chi connectivity index (χ4v) is 1.73. The lowest BCUT2D eigenvalue weighted by Crippen LogP contribution is -2.07. The number of allylic oxidation sites excluding steroid dienone is 1. The molecule has 1 aromatic rings. The van der Waals surface area contributed by atoms with Gasteiger partial charge in [0.15, 0.2) is 0 Å². The third kappa shape index (κ3) is 1.38. The molecule has 1 aliphatic rings. The van der Waals surface area contributed by atoms with Crippen LogP contribution in [0, 0.1) is 6.92 Å². The number of carbonyl (C=O) groups is 2. The van der Waals surface area contributed by atoms with E-state index < -0.39 is 17.9 Å². The van der Waals surface area contributed by atoms with Gasteiger partial charge in [-0.15, -0.1) is 0 Å². The highest BCUT2D eigenvalue weighted by Gasteiger charge is 2.41. The summed E-state index contributed by atoms with van der Waals surface area (Å²) >= 11 is 0. The maximum atomic E-state index is 11.5. The number of ether oxygens (including phenoxy) is 1. The van der Waals surface area contributed by atoms with E-state index in [9.17, 15) is 9.59 Å². The minimum absolute atomic E-state index is 0.379. The summed E-state index contributed by atoms with van der Waals surface area (Å²) in [4.78, 5) is 22.8. The van der Waals surface area contributed by atoms with E-state index in [1.165, 1.54) is 6.26 Å². The molecule has 78 valence electrons. The van der Waals surface area contributed by atoms with Gasteiger partial charge in [0.05, 0.1) is 11.8 Å². The minimum atomic E-state index is -0.624. The third-order valence-corrected chi connectivity index (χ3v) is 2.50. The Balaban J connectivity index is 2.49. The maximum Gasteiger partial charge on any atom is 0.342 e. The Kier molecular flexibility index (Phi) is 2.19. The van der Waals surface area contributed by atoms with Gasteiger partial charge in [0, 0.05) is 5.56 Å². The molecule has 1 atom stereocenters. The van der Waals surface area contributed by atoms with Crippen molar-refractivity contribution in [1.82, 2.24) is 0 Å². The summed E-state index contributed by atoms with van der Waals surface area (Å²) in [5.41, 5.74) is 1.07. The molecule has 2 heterocycles. The molecule has 0 radical (unpaired) electrons. The topological polar surface area (TPSA) is 56.5 Å². The van der Waals surface area contributed by atoms with Crippen LogP contribution < -0.4 is 0 Å². The van der Waals surface area contributed by atoms with Gasteiger partial charge in [0.25, 0.3) is 0 Å². The van der Waals surface area contributed by atoms with Gasteiger partial charge in [-0.1, -0.05) is 6.08 Å². The van der Waals surface area contributed by atoms with Crippen LogP contribution in [0.5, 0.6) is 0 Å². The lowest BCUT2D eigenvalue weighted by molar-refractivity contribution is -0.151. The van der Waals surface area contributed by atoms with E-state index in [1.807, 2.05) is 0 Å². The van der Waals surface area contributed by atoms with Crippen LogP contribution in [-0.2, 0) is 14.3 Å². The molecule has 15 heavy (non-hydrogen) atoms. The summed E-state index contributed by atoms with van der Waals surface area (Å²) in [5, 5.41) is 0. The van der Waals surface area contributed by atoms with Crippen molar-refractivity contribution in [3.8, 4) is 0 Å². The predicted octanol–water partition coefficient (Wildman–Crippen LogP) is 1.70. The van der Waals surface area contributed by atoms with Crippen molar-refractivity contribution in [3.05, 3.63) is 35.3 Å². The molecular weight excluding hydrogens is 196 g/mol. The Morgan fingerprint density at radius 1 is 1.40 bits per heavy atom. The monoisotopic (exact) mass is 206 g/mol. The van der Waals surface area contributed by atoms with Gasteiger partial charge in [-0.3, -0.25) is 4.79 Å². The zero-order chi connectivity index (χ0) is 11.0. The van der Waals surface area contributed by atoms with Gasteiger partial charge in [-0.05, 0) is 19.9 Å². The molecule has 0 spiro atoms. The van der Waals surface area contributed by atoms with Crippen LogP contribution in [0.4, 0.5) is 0 Å². The van der Waals surface area contributed by atoms with E-state index in [0.29, 0.717) is 16.9 Å².